The van der Waals surface area contributed by atoms with Crippen LogP contribution in [0.25, 0.3) is 0 Å². The zero-order chi connectivity index (χ0) is 11.4. The van der Waals surface area contributed by atoms with Gasteiger partial charge in [0, 0.05) is 17.2 Å². The lowest BCUT2D eigenvalue weighted by molar-refractivity contribution is 0.0939. The number of aromatic amines is 1. The average Bonchev–Trinajstić information content (AvgIpc) is 2.74. The Morgan fingerprint density at radius 2 is 2.19 bits per heavy atom. The molecule has 0 radical (unpaired) electrons. The Kier molecular flexibility index (Phi) is 4.04. The fourth-order valence-corrected chi connectivity index (χ4v) is 2.57. The topological polar surface area (TPSA) is 44.9 Å². The summed E-state index contributed by atoms with van der Waals surface area (Å²) >= 11 is 3.32. The summed E-state index contributed by atoms with van der Waals surface area (Å²) in [6, 6.07) is 1.80. The zero-order valence-electron chi connectivity index (χ0n) is 9.26. The van der Waals surface area contributed by atoms with Crippen molar-refractivity contribution in [2.24, 2.45) is 5.92 Å². The predicted molar refractivity (Wildman–Crippen MR) is 67.4 cm³/mol. The number of carbonyl (C=O) groups excluding carboxylic acids is 1. The molecular weight excluding hydrogens is 268 g/mol. The second-order valence-electron chi connectivity index (χ2n) is 4.45. The van der Waals surface area contributed by atoms with E-state index in [1.165, 1.54) is 32.1 Å². The van der Waals surface area contributed by atoms with Crippen LogP contribution in [0.1, 0.15) is 42.6 Å². The van der Waals surface area contributed by atoms with Crippen molar-refractivity contribution in [3.63, 3.8) is 0 Å². The molecule has 1 aliphatic rings. The van der Waals surface area contributed by atoms with Gasteiger partial charge in [-0.05, 0) is 40.8 Å². The van der Waals surface area contributed by atoms with Crippen molar-refractivity contribution in [2.45, 2.75) is 32.1 Å². The van der Waals surface area contributed by atoms with E-state index in [9.17, 15) is 4.79 Å². The number of rotatable bonds is 3. The van der Waals surface area contributed by atoms with E-state index in [1.54, 1.807) is 12.3 Å². The lowest BCUT2D eigenvalue weighted by Crippen LogP contribution is -2.30. The summed E-state index contributed by atoms with van der Waals surface area (Å²) in [7, 11) is 0. The molecule has 1 saturated carbocycles. The second-order valence-corrected chi connectivity index (χ2v) is 5.36. The average molecular weight is 285 g/mol. The quantitative estimate of drug-likeness (QED) is 0.880. The first-order valence-corrected chi connectivity index (χ1v) is 6.67. The highest BCUT2D eigenvalue weighted by Gasteiger charge is 2.15. The number of hydrogen-bond donors (Lipinski definition) is 2. The first-order chi connectivity index (χ1) is 7.75. The Balaban J connectivity index is 1.79. The van der Waals surface area contributed by atoms with E-state index < -0.39 is 0 Å². The van der Waals surface area contributed by atoms with Gasteiger partial charge in [0.1, 0.15) is 5.69 Å². The van der Waals surface area contributed by atoms with Gasteiger partial charge in [-0.2, -0.15) is 0 Å². The van der Waals surface area contributed by atoms with Gasteiger partial charge < -0.3 is 10.3 Å². The minimum Gasteiger partial charge on any atom is -0.356 e. The summed E-state index contributed by atoms with van der Waals surface area (Å²) in [4.78, 5) is 14.7. The van der Waals surface area contributed by atoms with Crippen LogP contribution in [0.4, 0.5) is 0 Å². The molecule has 2 N–H and O–H groups in total. The Morgan fingerprint density at radius 3 is 2.81 bits per heavy atom. The molecular formula is C12H17BrN2O. The van der Waals surface area contributed by atoms with Gasteiger partial charge in [-0.25, -0.2) is 0 Å². The minimum absolute atomic E-state index is 0.00345. The van der Waals surface area contributed by atoms with Crippen LogP contribution in [0.2, 0.25) is 0 Å². The van der Waals surface area contributed by atoms with Crippen molar-refractivity contribution >= 4 is 21.8 Å². The smallest absolute Gasteiger partial charge is 0.267 e. The molecule has 0 bridgehead atoms. The van der Waals surface area contributed by atoms with Crippen molar-refractivity contribution in [2.75, 3.05) is 6.54 Å². The van der Waals surface area contributed by atoms with Crippen LogP contribution >= 0.6 is 15.9 Å². The molecule has 1 heterocycles. The van der Waals surface area contributed by atoms with E-state index in [2.05, 4.69) is 26.2 Å². The Morgan fingerprint density at radius 1 is 1.44 bits per heavy atom. The molecule has 0 saturated heterocycles. The first-order valence-electron chi connectivity index (χ1n) is 5.88. The van der Waals surface area contributed by atoms with Gasteiger partial charge in [-0.3, -0.25) is 4.79 Å². The van der Waals surface area contributed by atoms with Gasteiger partial charge in [-0.1, -0.05) is 19.3 Å². The number of aromatic nitrogens is 1. The molecule has 0 spiro atoms. The molecule has 1 aromatic heterocycles. The molecule has 1 fully saturated rings. The molecule has 2 rings (SSSR count). The molecule has 0 aromatic carbocycles. The number of carbonyl (C=O) groups is 1. The van der Waals surface area contributed by atoms with E-state index in [0.29, 0.717) is 11.6 Å². The SMILES string of the molecule is O=C(NCC1CCCCC1)c1cc(Br)c[nH]1. The van der Waals surface area contributed by atoms with Crippen LogP contribution in [0, 0.1) is 5.92 Å². The molecule has 0 aliphatic heterocycles. The molecule has 0 atom stereocenters. The van der Waals surface area contributed by atoms with Gasteiger partial charge >= 0.3 is 0 Å². The summed E-state index contributed by atoms with van der Waals surface area (Å²) < 4.78 is 0.912. The molecule has 1 aliphatic carbocycles. The van der Waals surface area contributed by atoms with Crippen LogP contribution in [-0.2, 0) is 0 Å². The van der Waals surface area contributed by atoms with E-state index in [-0.39, 0.29) is 5.91 Å². The third-order valence-corrected chi connectivity index (χ3v) is 3.63. The lowest BCUT2D eigenvalue weighted by Gasteiger charge is -2.21. The molecule has 3 nitrogen and oxygen atoms in total. The zero-order valence-corrected chi connectivity index (χ0v) is 10.8. The van der Waals surface area contributed by atoms with Crippen LogP contribution in [0.3, 0.4) is 0 Å². The van der Waals surface area contributed by atoms with Crippen molar-refractivity contribution in [1.29, 1.82) is 0 Å². The fourth-order valence-electron chi connectivity index (χ4n) is 2.22. The standard InChI is InChI=1S/C12H17BrN2O/c13-10-6-11(14-8-10)12(16)15-7-9-4-2-1-3-5-9/h6,8-9,14H,1-5,7H2,(H,15,16). The van der Waals surface area contributed by atoms with Gasteiger partial charge in [0.15, 0.2) is 0 Å². The van der Waals surface area contributed by atoms with E-state index in [0.717, 1.165) is 11.0 Å². The minimum atomic E-state index is -0.00345. The summed E-state index contributed by atoms with van der Waals surface area (Å²) in [5.41, 5.74) is 0.627. The van der Waals surface area contributed by atoms with Crippen molar-refractivity contribution in [3.8, 4) is 0 Å². The molecule has 16 heavy (non-hydrogen) atoms. The Labute approximate surface area is 104 Å². The highest BCUT2D eigenvalue weighted by Crippen LogP contribution is 2.22. The monoisotopic (exact) mass is 284 g/mol. The predicted octanol–water partition coefficient (Wildman–Crippen LogP) is 3.09. The van der Waals surface area contributed by atoms with Gasteiger partial charge in [0.25, 0.3) is 5.91 Å². The maximum absolute atomic E-state index is 11.7. The third-order valence-electron chi connectivity index (χ3n) is 3.17. The number of amides is 1. The Bertz CT molecular complexity index is 356. The lowest BCUT2D eigenvalue weighted by atomic mass is 9.89. The molecule has 88 valence electrons. The molecule has 4 heteroatoms. The van der Waals surface area contributed by atoms with Crippen LogP contribution in [-0.4, -0.2) is 17.4 Å². The normalized spacial score (nSPS) is 17.3. The maximum atomic E-state index is 11.7. The van der Waals surface area contributed by atoms with Crippen molar-refractivity contribution < 1.29 is 4.79 Å². The third kappa shape index (κ3) is 3.11. The van der Waals surface area contributed by atoms with Gasteiger partial charge in [-0.15, -0.1) is 0 Å². The Hall–Kier alpha value is -0.770. The summed E-state index contributed by atoms with van der Waals surface area (Å²) in [5, 5.41) is 2.99. The van der Waals surface area contributed by atoms with Gasteiger partial charge in [0.2, 0.25) is 0 Å². The molecule has 1 amide bonds. The second kappa shape index (κ2) is 5.53. The number of hydrogen-bond acceptors (Lipinski definition) is 1. The summed E-state index contributed by atoms with van der Waals surface area (Å²) in [6.07, 6.45) is 8.27. The molecule has 0 unspecified atom stereocenters. The number of H-pyrrole nitrogens is 1. The first kappa shape index (κ1) is 11.7. The molecule has 1 aromatic rings. The van der Waals surface area contributed by atoms with Crippen LogP contribution in [0.5, 0.6) is 0 Å². The van der Waals surface area contributed by atoms with Crippen molar-refractivity contribution in [1.82, 2.24) is 10.3 Å². The van der Waals surface area contributed by atoms with E-state index in [1.807, 2.05) is 0 Å². The largest absolute Gasteiger partial charge is 0.356 e. The number of halogens is 1. The van der Waals surface area contributed by atoms with Gasteiger partial charge in [0.05, 0.1) is 0 Å². The maximum Gasteiger partial charge on any atom is 0.267 e. The summed E-state index contributed by atoms with van der Waals surface area (Å²) in [5.74, 6) is 0.673. The fraction of sp³-hybridized carbons (Fsp3) is 0.583. The van der Waals surface area contributed by atoms with E-state index >= 15 is 0 Å². The van der Waals surface area contributed by atoms with Crippen LogP contribution < -0.4 is 5.32 Å². The van der Waals surface area contributed by atoms with Crippen LogP contribution in [0.15, 0.2) is 16.7 Å². The number of nitrogens with one attached hydrogen (secondary N) is 2. The highest BCUT2D eigenvalue weighted by molar-refractivity contribution is 9.10. The highest BCUT2D eigenvalue weighted by atomic mass is 79.9. The summed E-state index contributed by atoms with van der Waals surface area (Å²) in [6.45, 7) is 0.815. The van der Waals surface area contributed by atoms with E-state index in [4.69, 9.17) is 0 Å². The van der Waals surface area contributed by atoms with Crippen molar-refractivity contribution in [3.05, 3.63) is 22.4 Å².